The van der Waals surface area contributed by atoms with Crippen LogP contribution < -0.4 is 0 Å². The number of sulfonamides is 1. The van der Waals surface area contributed by atoms with Gasteiger partial charge in [0.2, 0.25) is 10.0 Å². The second-order valence-electron chi connectivity index (χ2n) is 5.28. The van der Waals surface area contributed by atoms with Gasteiger partial charge in [0.15, 0.2) is 0 Å². The zero-order valence-electron chi connectivity index (χ0n) is 11.6. The maximum atomic E-state index is 12.7. The summed E-state index contributed by atoms with van der Waals surface area (Å²) in [5.74, 6) is -0.947. The summed E-state index contributed by atoms with van der Waals surface area (Å²) < 4.78 is 26.9. The van der Waals surface area contributed by atoms with Gasteiger partial charge in [-0.25, -0.2) is 13.2 Å². The highest BCUT2D eigenvalue weighted by molar-refractivity contribution is 7.89. The largest absolute Gasteiger partial charge is 0.478 e. The van der Waals surface area contributed by atoms with Gasteiger partial charge in [-0.2, -0.15) is 4.31 Å². The number of carboxylic acids is 1. The van der Waals surface area contributed by atoms with Crippen molar-refractivity contribution in [2.24, 2.45) is 5.92 Å². The van der Waals surface area contributed by atoms with Gasteiger partial charge in [0.05, 0.1) is 10.5 Å². The first-order valence-corrected chi connectivity index (χ1v) is 8.14. The normalized spacial score (nSPS) is 24.5. The summed E-state index contributed by atoms with van der Waals surface area (Å²) in [7, 11) is -3.77. The zero-order valence-corrected chi connectivity index (χ0v) is 12.4. The van der Waals surface area contributed by atoms with Crippen LogP contribution in [-0.2, 0) is 10.0 Å². The Morgan fingerprint density at radius 1 is 1.30 bits per heavy atom. The minimum Gasteiger partial charge on any atom is -0.478 e. The number of rotatable bonds is 3. The van der Waals surface area contributed by atoms with Crippen LogP contribution in [0.15, 0.2) is 29.2 Å². The van der Waals surface area contributed by atoms with Gasteiger partial charge in [-0.1, -0.05) is 19.1 Å². The van der Waals surface area contributed by atoms with Crippen molar-refractivity contribution >= 4 is 16.0 Å². The van der Waals surface area contributed by atoms with E-state index in [1.165, 1.54) is 22.5 Å². The minimum absolute atomic E-state index is 0.115. The average Bonchev–Trinajstić information content (AvgIpc) is 2.41. The number of aromatic carboxylic acids is 1. The predicted molar refractivity (Wildman–Crippen MR) is 75.2 cm³/mol. The van der Waals surface area contributed by atoms with Crippen molar-refractivity contribution in [1.82, 2.24) is 4.31 Å². The van der Waals surface area contributed by atoms with Gasteiger partial charge in [0, 0.05) is 12.6 Å². The van der Waals surface area contributed by atoms with Gasteiger partial charge in [0.1, 0.15) is 0 Å². The van der Waals surface area contributed by atoms with E-state index in [0.717, 1.165) is 12.8 Å². The third-order valence-corrected chi connectivity index (χ3v) is 6.06. The van der Waals surface area contributed by atoms with Gasteiger partial charge >= 0.3 is 5.97 Å². The van der Waals surface area contributed by atoms with Crippen LogP contribution >= 0.6 is 0 Å². The quantitative estimate of drug-likeness (QED) is 0.928. The molecule has 1 N–H and O–H groups in total. The molecule has 2 unspecified atom stereocenters. The lowest BCUT2D eigenvalue weighted by atomic mass is 9.94. The molecule has 2 rings (SSSR count). The Bertz CT molecular complexity index is 611. The topological polar surface area (TPSA) is 74.7 Å². The molecule has 0 aliphatic carbocycles. The van der Waals surface area contributed by atoms with Gasteiger partial charge in [-0.05, 0) is 37.8 Å². The number of piperidine rings is 1. The van der Waals surface area contributed by atoms with E-state index >= 15 is 0 Å². The molecule has 1 aliphatic rings. The maximum Gasteiger partial charge on any atom is 0.337 e. The summed E-state index contributed by atoms with van der Waals surface area (Å²) in [5.41, 5.74) is -0.169. The highest BCUT2D eigenvalue weighted by atomic mass is 32.2. The van der Waals surface area contributed by atoms with Crippen LogP contribution in [0.2, 0.25) is 0 Å². The number of hydrogen-bond donors (Lipinski definition) is 1. The number of hydrogen-bond acceptors (Lipinski definition) is 3. The molecule has 2 atom stereocenters. The SMILES string of the molecule is CC1CCCN(S(=O)(=O)c2ccccc2C(=O)O)C1C. The number of benzene rings is 1. The van der Waals surface area contributed by atoms with Crippen molar-refractivity contribution in [3.05, 3.63) is 29.8 Å². The first-order valence-electron chi connectivity index (χ1n) is 6.70. The molecule has 0 aromatic heterocycles. The summed E-state index contributed by atoms with van der Waals surface area (Å²) in [6, 6.07) is 5.66. The molecule has 5 nitrogen and oxygen atoms in total. The number of carbonyl (C=O) groups is 1. The molecular weight excluding hydrogens is 278 g/mol. The van der Waals surface area contributed by atoms with Crippen LogP contribution in [0.3, 0.4) is 0 Å². The third kappa shape index (κ3) is 2.58. The minimum atomic E-state index is -3.77. The Hall–Kier alpha value is -1.40. The molecule has 0 spiro atoms. The second-order valence-corrected chi connectivity index (χ2v) is 7.14. The fourth-order valence-electron chi connectivity index (χ4n) is 2.63. The summed E-state index contributed by atoms with van der Waals surface area (Å²) >= 11 is 0. The van der Waals surface area contributed by atoms with Crippen LogP contribution in [-0.4, -0.2) is 36.4 Å². The summed E-state index contributed by atoms with van der Waals surface area (Å²) in [5, 5.41) is 9.16. The van der Waals surface area contributed by atoms with Crippen LogP contribution in [0.5, 0.6) is 0 Å². The molecular formula is C14H19NO4S. The Morgan fingerprint density at radius 2 is 1.95 bits per heavy atom. The summed E-state index contributed by atoms with van der Waals surface area (Å²) in [6.07, 6.45) is 1.80. The Morgan fingerprint density at radius 3 is 2.60 bits per heavy atom. The molecule has 1 aromatic carbocycles. The second kappa shape index (κ2) is 5.54. The van der Waals surface area contributed by atoms with E-state index in [1.54, 1.807) is 6.07 Å². The summed E-state index contributed by atoms with van der Waals surface area (Å²) in [6.45, 7) is 4.35. The molecule has 110 valence electrons. The highest BCUT2D eigenvalue weighted by Gasteiger charge is 2.36. The lowest BCUT2D eigenvalue weighted by Crippen LogP contribution is -2.46. The predicted octanol–water partition coefficient (Wildman–Crippen LogP) is 2.19. The highest BCUT2D eigenvalue weighted by Crippen LogP contribution is 2.30. The van der Waals surface area contributed by atoms with Gasteiger partial charge in [-0.15, -0.1) is 0 Å². The van der Waals surface area contributed by atoms with Crippen molar-refractivity contribution in [3.63, 3.8) is 0 Å². The van der Waals surface area contributed by atoms with Gasteiger partial charge in [0.25, 0.3) is 0 Å². The first-order chi connectivity index (χ1) is 9.35. The lowest BCUT2D eigenvalue weighted by molar-refractivity contribution is 0.0692. The Balaban J connectivity index is 2.48. The maximum absolute atomic E-state index is 12.7. The lowest BCUT2D eigenvalue weighted by Gasteiger charge is -2.36. The molecule has 1 aromatic rings. The van der Waals surface area contributed by atoms with E-state index in [4.69, 9.17) is 5.11 Å². The van der Waals surface area contributed by atoms with Crippen molar-refractivity contribution in [1.29, 1.82) is 0 Å². The molecule has 1 saturated heterocycles. The van der Waals surface area contributed by atoms with E-state index < -0.39 is 16.0 Å². The van der Waals surface area contributed by atoms with E-state index in [2.05, 4.69) is 0 Å². The van der Waals surface area contributed by atoms with E-state index in [1.807, 2.05) is 13.8 Å². The molecule has 1 aliphatic heterocycles. The van der Waals surface area contributed by atoms with Crippen molar-refractivity contribution in [2.75, 3.05) is 6.54 Å². The van der Waals surface area contributed by atoms with E-state index in [0.29, 0.717) is 6.54 Å². The molecule has 0 bridgehead atoms. The fourth-order valence-corrected chi connectivity index (χ4v) is 4.58. The molecule has 1 fully saturated rings. The van der Waals surface area contributed by atoms with E-state index in [-0.39, 0.29) is 22.4 Å². The Labute approximate surface area is 119 Å². The molecule has 0 saturated carbocycles. The number of nitrogens with zero attached hydrogens (tertiary/aromatic N) is 1. The molecule has 0 amide bonds. The van der Waals surface area contributed by atoms with Crippen LogP contribution in [0, 0.1) is 5.92 Å². The van der Waals surface area contributed by atoms with Crippen LogP contribution in [0.1, 0.15) is 37.0 Å². The third-order valence-electron chi connectivity index (χ3n) is 4.02. The summed E-state index contributed by atoms with van der Waals surface area (Å²) in [4.78, 5) is 11.1. The van der Waals surface area contributed by atoms with Gasteiger partial charge in [-0.3, -0.25) is 0 Å². The number of carboxylic acid groups (broad SMARTS) is 1. The first kappa shape index (κ1) is 15.0. The van der Waals surface area contributed by atoms with Gasteiger partial charge < -0.3 is 5.11 Å². The van der Waals surface area contributed by atoms with Crippen molar-refractivity contribution in [3.8, 4) is 0 Å². The average molecular weight is 297 g/mol. The van der Waals surface area contributed by atoms with Crippen LogP contribution in [0.4, 0.5) is 0 Å². The van der Waals surface area contributed by atoms with Crippen molar-refractivity contribution in [2.45, 2.75) is 37.6 Å². The molecule has 20 heavy (non-hydrogen) atoms. The monoisotopic (exact) mass is 297 g/mol. The zero-order chi connectivity index (χ0) is 14.9. The molecule has 6 heteroatoms. The molecule has 0 radical (unpaired) electrons. The van der Waals surface area contributed by atoms with E-state index in [9.17, 15) is 13.2 Å². The Kier molecular flexibility index (Phi) is 4.15. The van der Waals surface area contributed by atoms with Crippen LogP contribution in [0.25, 0.3) is 0 Å². The van der Waals surface area contributed by atoms with Crippen molar-refractivity contribution < 1.29 is 18.3 Å². The smallest absolute Gasteiger partial charge is 0.337 e. The molecule has 1 heterocycles. The fraction of sp³-hybridized carbons (Fsp3) is 0.500. The standard InChI is InChI=1S/C14H19NO4S/c1-10-6-5-9-15(11(10)2)20(18,19)13-8-4-3-7-12(13)14(16)17/h3-4,7-8,10-11H,5-6,9H2,1-2H3,(H,16,17).